The van der Waals surface area contributed by atoms with E-state index in [0.717, 1.165) is 36.3 Å². The molecule has 70 valence electrons. The molecule has 1 aliphatic rings. The van der Waals surface area contributed by atoms with Crippen LogP contribution in [0.4, 0.5) is 5.69 Å². The van der Waals surface area contributed by atoms with Crippen LogP contribution in [0.25, 0.3) is 0 Å². The summed E-state index contributed by atoms with van der Waals surface area (Å²) in [6.07, 6.45) is 2.26. The van der Waals surface area contributed by atoms with Gasteiger partial charge in [0.25, 0.3) is 0 Å². The highest BCUT2D eigenvalue weighted by Crippen LogP contribution is 2.27. The maximum absolute atomic E-state index is 5.52. The van der Waals surface area contributed by atoms with Gasteiger partial charge in [-0.1, -0.05) is 15.9 Å². The number of ether oxygens (including phenoxy) is 1. The molecule has 0 radical (unpaired) electrons. The van der Waals surface area contributed by atoms with E-state index in [9.17, 15) is 0 Å². The molecule has 2 nitrogen and oxygen atoms in total. The van der Waals surface area contributed by atoms with Crippen LogP contribution in [-0.2, 0) is 6.42 Å². The van der Waals surface area contributed by atoms with Crippen LogP contribution in [0.2, 0.25) is 0 Å². The topological polar surface area (TPSA) is 21.3 Å². The molecule has 1 aromatic carbocycles. The summed E-state index contributed by atoms with van der Waals surface area (Å²) in [7, 11) is 0. The summed E-state index contributed by atoms with van der Waals surface area (Å²) in [5.41, 5.74) is 3.26. The highest BCUT2D eigenvalue weighted by atomic mass is 79.9. The number of aryl methyl sites for hydroxylation is 1. The summed E-state index contributed by atoms with van der Waals surface area (Å²) < 4.78 is 5.52. The minimum atomic E-state index is 0.784. The van der Waals surface area contributed by atoms with E-state index in [1.54, 1.807) is 0 Å². The monoisotopic (exact) mass is 241 g/mol. The van der Waals surface area contributed by atoms with Gasteiger partial charge in [-0.2, -0.15) is 0 Å². The molecule has 0 spiro atoms. The fourth-order valence-electron chi connectivity index (χ4n) is 1.55. The van der Waals surface area contributed by atoms with Gasteiger partial charge in [-0.05, 0) is 36.6 Å². The lowest BCUT2D eigenvalue weighted by molar-refractivity contribution is 0.288. The standard InChI is InChI=1S/C10H12BrNO/c11-7-12-9-3-4-10-8(6-9)2-1-5-13-10/h3-4,6,12H,1-2,5,7H2. The van der Waals surface area contributed by atoms with Crippen molar-refractivity contribution in [3.8, 4) is 5.75 Å². The van der Waals surface area contributed by atoms with Gasteiger partial charge in [0.2, 0.25) is 0 Å². The van der Waals surface area contributed by atoms with Crippen molar-refractivity contribution in [1.82, 2.24) is 0 Å². The molecule has 0 unspecified atom stereocenters. The minimum Gasteiger partial charge on any atom is -0.493 e. The van der Waals surface area contributed by atoms with Crippen molar-refractivity contribution in [2.75, 3.05) is 17.4 Å². The van der Waals surface area contributed by atoms with Crippen LogP contribution in [-0.4, -0.2) is 12.1 Å². The molecule has 2 rings (SSSR count). The van der Waals surface area contributed by atoms with E-state index in [0.29, 0.717) is 0 Å². The molecule has 0 amide bonds. The molecule has 0 aromatic heterocycles. The van der Waals surface area contributed by atoms with E-state index in [1.165, 1.54) is 5.56 Å². The summed E-state index contributed by atoms with van der Waals surface area (Å²) >= 11 is 3.34. The Labute approximate surface area is 86.4 Å². The molecule has 1 aliphatic heterocycles. The third-order valence-corrected chi connectivity index (χ3v) is 2.46. The lowest BCUT2D eigenvalue weighted by atomic mass is 10.1. The fourth-order valence-corrected chi connectivity index (χ4v) is 1.87. The maximum Gasteiger partial charge on any atom is 0.122 e. The van der Waals surface area contributed by atoms with Gasteiger partial charge in [-0.15, -0.1) is 0 Å². The van der Waals surface area contributed by atoms with Crippen molar-refractivity contribution in [3.63, 3.8) is 0 Å². The summed E-state index contributed by atoms with van der Waals surface area (Å²) in [6, 6.07) is 6.25. The number of anilines is 1. The largest absolute Gasteiger partial charge is 0.493 e. The highest BCUT2D eigenvalue weighted by molar-refractivity contribution is 9.09. The lowest BCUT2D eigenvalue weighted by Gasteiger charge is -2.17. The molecular formula is C10H12BrNO. The number of benzene rings is 1. The first-order chi connectivity index (χ1) is 6.40. The summed E-state index contributed by atoms with van der Waals surface area (Å²) in [4.78, 5) is 0. The Morgan fingerprint density at radius 1 is 1.46 bits per heavy atom. The number of halogens is 1. The zero-order chi connectivity index (χ0) is 9.10. The van der Waals surface area contributed by atoms with E-state index in [1.807, 2.05) is 12.1 Å². The SMILES string of the molecule is BrCNc1ccc2c(c1)CCCO2. The average molecular weight is 242 g/mol. The Bertz CT molecular complexity index is 301. The van der Waals surface area contributed by atoms with E-state index in [2.05, 4.69) is 27.3 Å². The predicted molar refractivity (Wildman–Crippen MR) is 57.7 cm³/mol. The number of hydrogen-bond acceptors (Lipinski definition) is 2. The first kappa shape index (κ1) is 8.88. The molecule has 0 atom stereocenters. The molecule has 0 fully saturated rings. The van der Waals surface area contributed by atoms with Crippen LogP contribution in [0.15, 0.2) is 18.2 Å². The normalized spacial score (nSPS) is 14.5. The van der Waals surface area contributed by atoms with E-state index in [-0.39, 0.29) is 0 Å². The van der Waals surface area contributed by atoms with Crippen LogP contribution < -0.4 is 10.1 Å². The predicted octanol–water partition coefficient (Wildman–Crippen LogP) is 2.78. The van der Waals surface area contributed by atoms with Crippen LogP contribution in [0, 0.1) is 0 Å². The van der Waals surface area contributed by atoms with Gasteiger partial charge in [0.05, 0.1) is 12.1 Å². The highest BCUT2D eigenvalue weighted by Gasteiger charge is 2.09. The van der Waals surface area contributed by atoms with Gasteiger partial charge in [0, 0.05) is 5.69 Å². The number of nitrogens with one attached hydrogen (secondary N) is 1. The average Bonchev–Trinajstić information content (AvgIpc) is 2.18. The van der Waals surface area contributed by atoms with Crippen molar-refractivity contribution in [2.24, 2.45) is 0 Å². The van der Waals surface area contributed by atoms with Crippen molar-refractivity contribution < 1.29 is 4.74 Å². The van der Waals surface area contributed by atoms with Gasteiger partial charge in [-0.25, -0.2) is 0 Å². The Kier molecular flexibility index (Phi) is 2.74. The second-order valence-corrected chi connectivity index (χ2v) is 3.65. The third-order valence-electron chi connectivity index (χ3n) is 2.18. The minimum absolute atomic E-state index is 0.784. The van der Waals surface area contributed by atoms with Crippen molar-refractivity contribution in [3.05, 3.63) is 23.8 Å². The molecule has 0 saturated carbocycles. The Balaban J connectivity index is 2.24. The smallest absolute Gasteiger partial charge is 0.122 e. The molecule has 1 heterocycles. The van der Waals surface area contributed by atoms with Crippen molar-refractivity contribution in [1.29, 1.82) is 0 Å². The quantitative estimate of drug-likeness (QED) is 0.636. The molecular weight excluding hydrogens is 230 g/mol. The van der Waals surface area contributed by atoms with Gasteiger partial charge in [0.15, 0.2) is 0 Å². The number of rotatable bonds is 2. The van der Waals surface area contributed by atoms with E-state index < -0.39 is 0 Å². The Morgan fingerprint density at radius 2 is 2.38 bits per heavy atom. The number of hydrogen-bond donors (Lipinski definition) is 1. The summed E-state index contributed by atoms with van der Waals surface area (Å²) in [5.74, 6) is 1.05. The first-order valence-corrected chi connectivity index (χ1v) is 5.58. The Morgan fingerprint density at radius 3 is 3.23 bits per heavy atom. The van der Waals surface area contributed by atoms with E-state index in [4.69, 9.17) is 4.74 Å². The van der Waals surface area contributed by atoms with Gasteiger partial charge in [-0.3, -0.25) is 0 Å². The van der Waals surface area contributed by atoms with Gasteiger partial charge in [0.1, 0.15) is 5.75 Å². The fraction of sp³-hybridized carbons (Fsp3) is 0.400. The zero-order valence-corrected chi connectivity index (χ0v) is 8.93. The third kappa shape index (κ3) is 1.97. The molecule has 0 saturated heterocycles. The number of fused-ring (bicyclic) bond motifs is 1. The molecule has 1 N–H and O–H groups in total. The zero-order valence-electron chi connectivity index (χ0n) is 7.35. The van der Waals surface area contributed by atoms with E-state index >= 15 is 0 Å². The van der Waals surface area contributed by atoms with Crippen LogP contribution in [0.1, 0.15) is 12.0 Å². The van der Waals surface area contributed by atoms with Gasteiger partial charge >= 0.3 is 0 Å². The molecule has 1 aromatic rings. The van der Waals surface area contributed by atoms with Crippen LogP contribution >= 0.6 is 15.9 Å². The first-order valence-electron chi connectivity index (χ1n) is 4.46. The summed E-state index contributed by atoms with van der Waals surface area (Å²) in [5, 5.41) is 3.22. The van der Waals surface area contributed by atoms with Crippen LogP contribution in [0.3, 0.4) is 0 Å². The molecule has 0 aliphatic carbocycles. The molecule has 13 heavy (non-hydrogen) atoms. The van der Waals surface area contributed by atoms with Gasteiger partial charge < -0.3 is 10.1 Å². The number of alkyl halides is 1. The second kappa shape index (κ2) is 4.01. The summed E-state index contributed by atoms with van der Waals surface area (Å²) in [6.45, 7) is 0.859. The second-order valence-electron chi connectivity index (χ2n) is 3.08. The van der Waals surface area contributed by atoms with Crippen molar-refractivity contribution >= 4 is 21.6 Å². The lowest BCUT2D eigenvalue weighted by Crippen LogP contribution is -2.08. The Hall–Kier alpha value is -0.700. The van der Waals surface area contributed by atoms with Crippen LogP contribution in [0.5, 0.6) is 5.75 Å². The molecule has 3 heteroatoms. The molecule has 0 bridgehead atoms. The van der Waals surface area contributed by atoms with Crippen molar-refractivity contribution in [2.45, 2.75) is 12.8 Å². The maximum atomic E-state index is 5.52.